The number of rotatable bonds is 3. The van der Waals surface area contributed by atoms with Gasteiger partial charge in [-0.25, -0.2) is 4.79 Å². The zero-order valence-corrected chi connectivity index (χ0v) is 13.3. The molecule has 1 N–H and O–H groups in total. The van der Waals surface area contributed by atoms with Gasteiger partial charge in [-0.1, -0.05) is 53.5 Å². The molecule has 0 radical (unpaired) electrons. The minimum atomic E-state index is -0.579. The summed E-state index contributed by atoms with van der Waals surface area (Å²) in [4.78, 5) is 11.7. The lowest BCUT2D eigenvalue weighted by Crippen LogP contribution is -2.13. The third-order valence-electron chi connectivity index (χ3n) is 2.48. The van der Waals surface area contributed by atoms with Gasteiger partial charge in [-0.15, -0.1) is 0 Å². The molecule has 0 aliphatic heterocycles. The molecule has 0 unspecified atom stereocenters. The first-order chi connectivity index (χ1) is 9.58. The van der Waals surface area contributed by atoms with Gasteiger partial charge in [-0.2, -0.15) is 0 Å². The Hall–Kier alpha value is -1.23. The molecule has 0 saturated heterocycles. The summed E-state index contributed by atoms with van der Waals surface area (Å²) in [6.07, 6.45) is -0.579. The summed E-state index contributed by atoms with van der Waals surface area (Å²) in [5, 5.41) is 3.37. The van der Waals surface area contributed by atoms with Crippen molar-refractivity contribution in [1.29, 1.82) is 0 Å². The number of amides is 1. The van der Waals surface area contributed by atoms with Crippen molar-refractivity contribution < 1.29 is 9.53 Å². The van der Waals surface area contributed by atoms with E-state index in [4.69, 9.17) is 27.9 Å². The van der Waals surface area contributed by atoms with Gasteiger partial charge >= 0.3 is 6.09 Å². The first-order valence-electron chi connectivity index (χ1n) is 5.69. The fourth-order valence-corrected chi connectivity index (χ4v) is 2.26. The van der Waals surface area contributed by atoms with Gasteiger partial charge in [-0.05, 0) is 33.6 Å². The fraction of sp³-hybridized carbons (Fsp3) is 0.0714. The maximum atomic E-state index is 11.7. The van der Waals surface area contributed by atoms with E-state index in [0.717, 1.165) is 5.56 Å². The Morgan fingerprint density at radius 1 is 1.15 bits per heavy atom. The second-order valence-electron chi connectivity index (χ2n) is 3.91. The molecule has 3 nitrogen and oxygen atoms in total. The Morgan fingerprint density at radius 2 is 1.85 bits per heavy atom. The van der Waals surface area contributed by atoms with Gasteiger partial charge in [0.15, 0.2) is 0 Å². The van der Waals surface area contributed by atoms with Crippen LogP contribution < -0.4 is 5.32 Å². The number of ether oxygens (including phenoxy) is 1. The van der Waals surface area contributed by atoms with Gasteiger partial charge in [0.05, 0.1) is 20.2 Å². The van der Waals surface area contributed by atoms with Crippen LogP contribution in [0.5, 0.6) is 0 Å². The first-order valence-corrected chi connectivity index (χ1v) is 7.24. The van der Waals surface area contributed by atoms with Crippen molar-refractivity contribution in [3.63, 3.8) is 0 Å². The Balaban J connectivity index is 1.97. The zero-order valence-electron chi connectivity index (χ0n) is 10.2. The van der Waals surface area contributed by atoms with Gasteiger partial charge in [-0.3, -0.25) is 5.32 Å². The lowest BCUT2D eigenvalue weighted by Gasteiger charge is -2.10. The Morgan fingerprint density at radius 3 is 2.55 bits per heavy atom. The highest BCUT2D eigenvalue weighted by atomic mass is 79.9. The largest absolute Gasteiger partial charge is 0.444 e. The molecule has 0 bridgehead atoms. The van der Waals surface area contributed by atoms with Crippen LogP contribution in [-0.4, -0.2) is 6.09 Å². The minimum Gasteiger partial charge on any atom is -0.444 e. The molecule has 0 aliphatic carbocycles. The fourth-order valence-electron chi connectivity index (χ4n) is 1.49. The van der Waals surface area contributed by atoms with Crippen LogP contribution >= 0.6 is 39.1 Å². The smallest absolute Gasteiger partial charge is 0.412 e. The van der Waals surface area contributed by atoms with Crippen LogP contribution in [0.3, 0.4) is 0 Å². The average Bonchev–Trinajstić information content (AvgIpc) is 2.47. The number of carbonyl (C=O) groups is 1. The summed E-state index contributed by atoms with van der Waals surface area (Å²) < 4.78 is 5.63. The summed E-state index contributed by atoms with van der Waals surface area (Å²) in [7, 11) is 0. The predicted molar refractivity (Wildman–Crippen MR) is 84.4 cm³/mol. The highest BCUT2D eigenvalue weighted by Gasteiger charge is 2.11. The van der Waals surface area contributed by atoms with Gasteiger partial charge < -0.3 is 4.74 Å². The molecule has 0 aliphatic rings. The van der Waals surface area contributed by atoms with Crippen LogP contribution in [0, 0.1) is 0 Å². The van der Waals surface area contributed by atoms with Crippen molar-refractivity contribution in [2.24, 2.45) is 0 Å². The van der Waals surface area contributed by atoms with E-state index in [1.54, 1.807) is 12.1 Å². The molecule has 1 amide bonds. The van der Waals surface area contributed by atoms with Crippen molar-refractivity contribution in [2.75, 3.05) is 5.32 Å². The highest BCUT2D eigenvalue weighted by molar-refractivity contribution is 9.10. The molecular formula is C14H10BrCl2NO2. The van der Waals surface area contributed by atoms with Crippen LogP contribution in [-0.2, 0) is 11.3 Å². The number of hydrogen-bond acceptors (Lipinski definition) is 2. The van der Waals surface area contributed by atoms with Crippen molar-refractivity contribution in [3.05, 3.63) is 62.5 Å². The molecule has 6 heteroatoms. The van der Waals surface area contributed by atoms with Gasteiger partial charge in [0, 0.05) is 0 Å². The van der Waals surface area contributed by atoms with Crippen LogP contribution in [0.2, 0.25) is 10.0 Å². The number of hydrogen-bond donors (Lipinski definition) is 1. The summed E-state index contributed by atoms with van der Waals surface area (Å²) in [5.41, 5.74) is 1.34. The third-order valence-corrected chi connectivity index (χ3v) is 4.47. The van der Waals surface area contributed by atoms with E-state index in [1.165, 1.54) is 0 Å². The monoisotopic (exact) mass is 373 g/mol. The van der Waals surface area contributed by atoms with Crippen molar-refractivity contribution in [1.82, 2.24) is 0 Å². The lowest BCUT2D eigenvalue weighted by molar-refractivity contribution is 0.155. The SMILES string of the molecule is O=C(Nc1ccc(Cl)c(Br)c1Cl)OCc1ccccc1. The molecule has 2 rings (SSSR count). The van der Waals surface area contributed by atoms with E-state index in [0.29, 0.717) is 20.2 Å². The maximum absolute atomic E-state index is 11.7. The van der Waals surface area contributed by atoms with E-state index in [-0.39, 0.29) is 6.61 Å². The predicted octanol–water partition coefficient (Wildman–Crippen LogP) is 5.50. The van der Waals surface area contributed by atoms with Crippen LogP contribution in [0.25, 0.3) is 0 Å². The Labute approximate surface area is 135 Å². The number of benzene rings is 2. The number of carbonyl (C=O) groups excluding carboxylic acids is 1. The Kier molecular flexibility index (Phi) is 5.29. The van der Waals surface area contributed by atoms with Crippen LogP contribution in [0.4, 0.5) is 10.5 Å². The standard InChI is InChI=1S/C14H10BrCl2NO2/c15-12-10(16)6-7-11(13(12)17)18-14(19)20-8-9-4-2-1-3-5-9/h1-7H,8H2,(H,18,19). The molecular weight excluding hydrogens is 365 g/mol. The van der Waals surface area contributed by atoms with Crippen molar-refractivity contribution in [3.8, 4) is 0 Å². The van der Waals surface area contributed by atoms with E-state index >= 15 is 0 Å². The second kappa shape index (κ2) is 6.97. The molecule has 2 aromatic rings. The third kappa shape index (κ3) is 3.88. The highest BCUT2D eigenvalue weighted by Crippen LogP contribution is 2.35. The summed E-state index contributed by atoms with van der Waals surface area (Å²) in [6, 6.07) is 12.6. The summed E-state index contributed by atoms with van der Waals surface area (Å²) in [5.74, 6) is 0. The summed E-state index contributed by atoms with van der Waals surface area (Å²) >= 11 is 15.2. The first kappa shape index (κ1) is 15.2. The number of halogens is 3. The van der Waals surface area contributed by atoms with E-state index in [1.807, 2.05) is 30.3 Å². The van der Waals surface area contributed by atoms with E-state index in [2.05, 4.69) is 21.2 Å². The normalized spacial score (nSPS) is 10.2. The lowest BCUT2D eigenvalue weighted by atomic mass is 10.2. The minimum absolute atomic E-state index is 0.194. The molecule has 0 fully saturated rings. The topological polar surface area (TPSA) is 38.3 Å². The molecule has 0 saturated carbocycles. The number of nitrogens with one attached hydrogen (secondary N) is 1. The van der Waals surface area contributed by atoms with Crippen molar-refractivity contribution in [2.45, 2.75) is 6.61 Å². The molecule has 20 heavy (non-hydrogen) atoms. The average molecular weight is 375 g/mol. The van der Waals surface area contributed by atoms with Crippen molar-refractivity contribution >= 4 is 50.9 Å². The van der Waals surface area contributed by atoms with E-state index < -0.39 is 6.09 Å². The molecule has 104 valence electrons. The second-order valence-corrected chi connectivity index (χ2v) is 5.49. The van der Waals surface area contributed by atoms with Crippen LogP contribution in [0.15, 0.2) is 46.9 Å². The zero-order chi connectivity index (χ0) is 14.5. The maximum Gasteiger partial charge on any atom is 0.412 e. The molecule has 0 spiro atoms. The molecule has 0 atom stereocenters. The van der Waals surface area contributed by atoms with Gasteiger partial charge in [0.2, 0.25) is 0 Å². The molecule has 0 aromatic heterocycles. The van der Waals surface area contributed by atoms with Crippen LogP contribution in [0.1, 0.15) is 5.56 Å². The quantitative estimate of drug-likeness (QED) is 0.720. The summed E-state index contributed by atoms with van der Waals surface area (Å²) in [6.45, 7) is 0.194. The molecule has 0 heterocycles. The van der Waals surface area contributed by atoms with Gasteiger partial charge in [0.1, 0.15) is 6.61 Å². The van der Waals surface area contributed by atoms with E-state index in [9.17, 15) is 4.79 Å². The number of anilines is 1. The molecule has 2 aromatic carbocycles. The Bertz CT molecular complexity index is 620. The van der Waals surface area contributed by atoms with Gasteiger partial charge in [0.25, 0.3) is 0 Å².